The average molecular weight is 325 g/mol. The number of hydrogen-bond acceptors (Lipinski definition) is 7. The van der Waals surface area contributed by atoms with Gasteiger partial charge in [-0.2, -0.15) is 4.98 Å². The van der Waals surface area contributed by atoms with Gasteiger partial charge >= 0.3 is 0 Å². The van der Waals surface area contributed by atoms with Crippen LogP contribution < -0.4 is 10.7 Å². The lowest BCUT2D eigenvalue weighted by Crippen LogP contribution is -2.48. The molecule has 0 spiro atoms. The van der Waals surface area contributed by atoms with Gasteiger partial charge in [-0.05, 0) is 17.7 Å². The predicted octanol–water partition coefficient (Wildman–Crippen LogP) is 1.53. The van der Waals surface area contributed by atoms with Gasteiger partial charge in [0.05, 0.1) is 12.2 Å². The fourth-order valence-electron chi connectivity index (χ4n) is 2.77. The van der Waals surface area contributed by atoms with Gasteiger partial charge in [-0.15, -0.1) is 0 Å². The highest BCUT2D eigenvalue weighted by Gasteiger charge is 2.24. The first-order chi connectivity index (χ1) is 11.8. The third kappa shape index (κ3) is 3.01. The zero-order valence-electron chi connectivity index (χ0n) is 12.9. The fraction of sp³-hybridized carbons (Fsp3) is 0.250. The van der Waals surface area contributed by atoms with Crippen LogP contribution in [0.3, 0.4) is 0 Å². The summed E-state index contributed by atoms with van der Waals surface area (Å²) in [6, 6.07) is 6.61. The van der Waals surface area contributed by atoms with Gasteiger partial charge in [0.1, 0.15) is 11.3 Å². The Labute approximate surface area is 137 Å². The maximum atomic E-state index is 13.2. The maximum Gasteiger partial charge on any atom is 0.239 e. The van der Waals surface area contributed by atoms with Crippen LogP contribution in [-0.2, 0) is 0 Å². The zero-order chi connectivity index (χ0) is 16.4. The van der Waals surface area contributed by atoms with Crippen LogP contribution in [0.1, 0.15) is 11.6 Å². The quantitative estimate of drug-likeness (QED) is 0.756. The van der Waals surface area contributed by atoms with Crippen LogP contribution in [0.15, 0.2) is 42.9 Å². The normalized spacial score (nSPS) is 18.6. The van der Waals surface area contributed by atoms with Crippen LogP contribution in [0.4, 0.5) is 10.3 Å². The van der Waals surface area contributed by atoms with Crippen molar-refractivity contribution in [3.63, 3.8) is 0 Å². The van der Waals surface area contributed by atoms with Crippen molar-refractivity contribution < 1.29 is 4.39 Å². The highest BCUT2D eigenvalue weighted by molar-refractivity contribution is 5.68. The van der Waals surface area contributed by atoms with E-state index in [1.807, 2.05) is 0 Å². The number of hydrazine groups is 1. The van der Waals surface area contributed by atoms with E-state index < -0.39 is 0 Å². The van der Waals surface area contributed by atoms with E-state index in [1.165, 1.54) is 12.1 Å². The van der Waals surface area contributed by atoms with E-state index in [0.717, 1.165) is 25.2 Å². The summed E-state index contributed by atoms with van der Waals surface area (Å²) < 4.78 is 13.2. The number of rotatable bonds is 3. The Kier molecular flexibility index (Phi) is 3.97. The molecule has 3 heterocycles. The first-order valence-electron chi connectivity index (χ1n) is 7.73. The SMILES string of the molecule is Fc1ccc(C2CNCCN2Nc2ncc3nccnc3n2)cc1. The van der Waals surface area contributed by atoms with E-state index in [-0.39, 0.29) is 11.9 Å². The molecule has 0 amide bonds. The third-order valence-electron chi connectivity index (χ3n) is 3.97. The molecule has 24 heavy (non-hydrogen) atoms. The topological polar surface area (TPSA) is 78.9 Å². The Bertz CT molecular complexity index is 839. The van der Waals surface area contributed by atoms with Gasteiger partial charge in [-0.25, -0.2) is 24.4 Å². The highest BCUT2D eigenvalue weighted by Crippen LogP contribution is 2.22. The van der Waals surface area contributed by atoms with E-state index in [4.69, 9.17) is 0 Å². The number of anilines is 1. The highest BCUT2D eigenvalue weighted by atomic mass is 19.1. The molecule has 1 aliphatic heterocycles. The van der Waals surface area contributed by atoms with Crippen LogP contribution >= 0.6 is 0 Å². The number of nitrogens with zero attached hydrogens (tertiary/aromatic N) is 5. The molecule has 0 saturated carbocycles. The van der Waals surface area contributed by atoms with Crippen molar-refractivity contribution in [2.75, 3.05) is 25.1 Å². The molecule has 4 rings (SSSR count). The third-order valence-corrected chi connectivity index (χ3v) is 3.97. The van der Waals surface area contributed by atoms with Gasteiger partial charge in [0.15, 0.2) is 5.65 Å². The number of nitrogens with one attached hydrogen (secondary N) is 2. The van der Waals surface area contributed by atoms with Gasteiger partial charge in [-0.1, -0.05) is 12.1 Å². The van der Waals surface area contributed by atoms with Crippen LogP contribution in [0.25, 0.3) is 11.2 Å². The molecule has 8 heteroatoms. The molecule has 7 nitrogen and oxygen atoms in total. The van der Waals surface area contributed by atoms with E-state index >= 15 is 0 Å². The lowest BCUT2D eigenvalue weighted by atomic mass is 10.0. The molecule has 122 valence electrons. The van der Waals surface area contributed by atoms with Crippen molar-refractivity contribution in [3.05, 3.63) is 54.2 Å². The molecule has 2 N–H and O–H groups in total. The Morgan fingerprint density at radius 3 is 2.83 bits per heavy atom. The molecule has 3 aromatic rings. The Morgan fingerprint density at radius 2 is 1.96 bits per heavy atom. The summed E-state index contributed by atoms with van der Waals surface area (Å²) >= 11 is 0. The minimum Gasteiger partial charge on any atom is -0.313 e. The number of fused-ring (bicyclic) bond motifs is 1. The Balaban J connectivity index is 1.59. The monoisotopic (exact) mass is 325 g/mol. The molecule has 1 unspecified atom stereocenters. The standard InChI is InChI=1S/C16H16FN7/c17-12-3-1-11(2-4-12)14-10-18-7-8-24(14)23-16-21-9-13-15(22-16)20-6-5-19-13/h1-6,9,14,18H,7-8,10H2,(H,20,21,22,23). The summed E-state index contributed by atoms with van der Waals surface area (Å²) in [5.74, 6) is 0.232. The van der Waals surface area contributed by atoms with Gasteiger partial charge in [0.25, 0.3) is 0 Å². The van der Waals surface area contributed by atoms with Crippen molar-refractivity contribution in [1.82, 2.24) is 30.3 Å². The smallest absolute Gasteiger partial charge is 0.239 e. The second-order valence-electron chi connectivity index (χ2n) is 5.54. The first-order valence-corrected chi connectivity index (χ1v) is 7.73. The molecular weight excluding hydrogens is 309 g/mol. The number of halogens is 1. The lowest BCUT2D eigenvalue weighted by Gasteiger charge is -2.36. The summed E-state index contributed by atoms with van der Waals surface area (Å²) in [4.78, 5) is 17.1. The molecule has 1 aliphatic rings. The molecule has 1 aromatic carbocycles. The molecule has 0 radical (unpaired) electrons. The second-order valence-corrected chi connectivity index (χ2v) is 5.54. The van der Waals surface area contributed by atoms with Crippen LogP contribution in [0.2, 0.25) is 0 Å². The van der Waals surface area contributed by atoms with E-state index in [1.54, 1.807) is 30.7 Å². The summed E-state index contributed by atoms with van der Waals surface area (Å²) in [5.41, 5.74) is 5.47. The molecular formula is C16H16FN7. The van der Waals surface area contributed by atoms with Crippen molar-refractivity contribution in [2.24, 2.45) is 0 Å². The number of aromatic nitrogens is 4. The molecule has 1 saturated heterocycles. The summed E-state index contributed by atoms with van der Waals surface area (Å²) in [5, 5.41) is 5.41. The first kappa shape index (κ1) is 14.9. The minimum absolute atomic E-state index is 0.0560. The second kappa shape index (κ2) is 6.42. The molecule has 0 aliphatic carbocycles. The van der Waals surface area contributed by atoms with Crippen molar-refractivity contribution in [3.8, 4) is 0 Å². The maximum absolute atomic E-state index is 13.2. The average Bonchev–Trinajstić information content (AvgIpc) is 2.63. The van der Waals surface area contributed by atoms with Gasteiger partial charge in [0.2, 0.25) is 5.95 Å². The van der Waals surface area contributed by atoms with Crippen LogP contribution in [0.5, 0.6) is 0 Å². The summed E-state index contributed by atoms with van der Waals surface area (Å²) in [6.07, 6.45) is 4.86. The Hall–Kier alpha value is -2.71. The fourth-order valence-corrected chi connectivity index (χ4v) is 2.77. The van der Waals surface area contributed by atoms with Gasteiger partial charge in [0, 0.05) is 32.0 Å². The molecule has 1 atom stereocenters. The van der Waals surface area contributed by atoms with Crippen LogP contribution in [0, 0.1) is 5.82 Å². The van der Waals surface area contributed by atoms with E-state index in [0.29, 0.717) is 17.1 Å². The number of benzene rings is 1. The van der Waals surface area contributed by atoms with Crippen molar-refractivity contribution in [1.29, 1.82) is 0 Å². The Morgan fingerprint density at radius 1 is 1.12 bits per heavy atom. The van der Waals surface area contributed by atoms with E-state index in [9.17, 15) is 4.39 Å². The summed E-state index contributed by atoms with van der Waals surface area (Å²) in [7, 11) is 0. The van der Waals surface area contributed by atoms with E-state index in [2.05, 4.69) is 35.7 Å². The van der Waals surface area contributed by atoms with Crippen molar-refractivity contribution >= 4 is 17.1 Å². The molecule has 1 fully saturated rings. The largest absolute Gasteiger partial charge is 0.313 e. The minimum atomic E-state index is -0.238. The predicted molar refractivity (Wildman–Crippen MR) is 87.5 cm³/mol. The van der Waals surface area contributed by atoms with Gasteiger partial charge < -0.3 is 5.32 Å². The van der Waals surface area contributed by atoms with Crippen LogP contribution in [-0.4, -0.2) is 44.6 Å². The number of hydrogen-bond donors (Lipinski definition) is 2. The van der Waals surface area contributed by atoms with Crippen molar-refractivity contribution in [2.45, 2.75) is 6.04 Å². The molecule has 2 aromatic heterocycles. The molecule has 0 bridgehead atoms. The summed E-state index contributed by atoms with van der Waals surface area (Å²) in [6.45, 7) is 2.37. The number of piperazine rings is 1. The van der Waals surface area contributed by atoms with Gasteiger partial charge in [-0.3, -0.25) is 5.43 Å². The lowest BCUT2D eigenvalue weighted by molar-refractivity contribution is 0.197. The zero-order valence-corrected chi connectivity index (χ0v) is 12.9.